The molecule has 2 fully saturated rings. The lowest BCUT2D eigenvalue weighted by atomic mass is 9.70. The summed E-state index contributed by atoms with van der Waals surface area (Å²) in [5, 5.41) is 10.1. The molecular weight excluding hydrogens is 395 g/mol. The van der Waals surface area contributed by atoms with Crippen LogP contribution < -0.4 is 4.72 Å². The molecule has 2 N–H and O–H groups in total. The molecule has 0 spiro atoms. The summed E-state index contributed by atoms with van der Waals surface area (Å²) >= 11 is 0. The molecule has 5 nitrogen and oxygen atoms in total. The number of nitrogens with one attached hydrogen (secondary N) is 1. The summed E-state index contributed by atoms with van der Waals surface area (Å²) in [6.07, 6.45) is -4.02. The third-order valence-corrected chi connectivity index (χ3v) is 8.17. The Morgan fingerprint density at radius 1 is 1.25 bits per heavy atom. The number of benzene rings is 1. The fourth-order valence-corrected chi connectivity index (χ4v) is 6.54. The van der Waals surface area contributed by atoms with Gasteiger partial charge in [-0.1, -0.05) is 26.0 Å². The molecule has 0 aromatic heterocycles. The van der Waals surface area contributed by atoms with Crippen molar-refractivity contribution in [2.45, 2.75) is 45.4 Å². The Morgan fingerprint density at radius 3 is 2.32 bits per heavy atom. The maximum absolute atomic E-state index is 12.6. The highest BCUT2D eigenvalue weighted by atomic mass is 32.2. The van der Waals surface area contributed by atoms with Gasteiger partial charge < -0.3 is 5.11 Å². The molecule has 2 bridgehead atoms. The van der Waals surface area contributed by atoms with Crippen LogP contribution in [-0.2, 0) is 21.0 Å². The van der Waals surface area contributed by atoms with Crippen LogP contribution in [0.2, 0.25) is 0 Å². The number of fused-ring (bicyclic) bond motifs is 2. The second-order valence-electron chi connectivity index (χ2n) is 8.41. The molecule has 0 amide bonds. The molecule has 1 aromatic carbocycles. The third kappa shape index (κ3) is 3.59. The molecule has 2 aliphatic carbocycles. The molecule has 3 rings (SSSR count). The van der Waals surface area contributed by atoms with Crippen LogP contribution >= 0.6 is 0 Å². The van der Waals surface area contributed by atoms with Crippen molar-refractivity contribution in [2.24, 2.45) is 16.7 Å². The van der Waals surface area contributed by atoms with Crippen molar-refractivity contribution < 1.29 is 31.5 Å². The molecule has 0 radical (unpaired) electrons. The first-order valence-electron chi connectivity index (χ1n) is 9.14. The minimum atomic E-state index is -4.48. The van der Waals surface area contributed by atoms with Crippen molar-refractivity contribution >= 4 is 15.8 Å². The van der Waals surface area contributed by atoms with E-state index in [0.29, 0.717) is 12.8 Å². The van der Waals surface area contributed by atoms with Gasteiger partial charge >= 0.3 is 6.18 Å². The van der Waals surface area contributed by atoms with Crippen molar-refractivity contribution in [3.8, 4) is 0 Å². The molecular formula is C19H24F3NO4S. The van der Waals surface area contributed by atoms with Crippen LogP contribution in [0, 0.1) is 16.7 Å². The minimum Gasteiger partial charge on any atom is -0.387 e. The van der Waals surface area contributed by atoms with E-state index in [1.165, 1.54) is 0 Å². The zero-order valence-corrected chi connectivity index (χ0v) is 16.5. The van der Waals surface area contributed by atoms with Gasteiger partial charge in [-0.05, 0) is 41.9 Å². The number of carbonyl (C=O) groups excluding carboxylic acids is 1. The van der Waals surface area contributed by atoms with Gasteiger partial charge in [-0.2, -0.15) is 13.2 Å². The number of Topliss-reactive ketones (excluding diaryl/α,β-unsaturated/α-hetero) is 1. The Kier molecular flexibility index (Phi) is 5.17. The molecule has 2 saturated carbocycles. The third-order valence-electron chi connectivity index (χ3n) is 6.69. The van der Waals surface area contributed by atoms with Crippen molar-refractivity contribution in [2.75, 3.05) is 12.3 Å². The second kappa shape index (κ2) is 6.81. The van der Waals surface area contributed by atoms with Gasteiger partial charge in [0.2, 0.25) is 10.0 Å². The van der Waals surface area contributed by atoms with E-state index in [9.17, 15) is 31.5 Å². The molecule has 3 atom stereocenters. The number of carbonyl (C=O) groups is 1. The highest BCUT2D eigenvalue weighted by molar-refractivity contribution is 7.89. The van der Waals surface area contributed by atoms with Crippen molar-refractivity contribution in [3.63, 3.8) is 0 Å². The van der Waals surface area contributed by atoms with Crippen molar-refractivity contribution in [1.82, 2.24) is 4.72 Å². The van der Waals surface area contributed by atoms with E-state index in [1.807, 2.05) is 13.8 Å². The molecule has 9 heteroatoms. The lowest BCUT2D eigenvalue weighted by Gasteiger charge is -2.36. The first-order chi connectivity index (χ1) is 12.8. The van der Waals surface area contributed by atoms with Gasteiger partial charge in [0.25, 0.3) is 0 Å². The van der Waals surface area contributed by atoms with E-state index < -0.39 is 38.7 Å². The van der Waals surface area contributed by atoms with Crippen LogP contribution in [0.4, 0.5) is 13.2 Å². The number of hydrogen-bond donors (Lipinski definition) is 2. The van der Waals surface area contributed by atoms with Crippen molar-refractivity contribution in [3.05, 3.63) is 35.4 Å². The lowest BCUT2D eigenvalue weighted by Crippen LogP contribution is -2.45. The Bertz CT molecular complexity index is 864. The normalized spacial score (nSPS) is 27.9. The van der Waals surface area contributed by atoms with E-state index in [-0.39, 0.29) is 29.6 Å². The maximum Gasteiger partial charge on any atom is 0.416 e. The van der Waals surface area contributed by atoms with Gasteiger partial charge in [0.05, 0.1) is 17.4 Å². The first-order valence-corrected chi connectivity index (χ1v) is 10.8. The average Bonchev–Trinajstić information content (AvgIpc) is 2.93. The van der Waals surface area contributed by atoms with E-state index in [2.05, 4.69) is 4.72 Å². The monoisotopic (exact) mass is 419 g/mol. The number of sulfonamides is 1. The molecule has 156 valence electrons. The predicted molar refractivity (Wildman–Crippen MR) is 96.8 cm³/mol. The Hall–Kier alpha value is -1.45. The van der Waals surface area contributed by atoms with Crippen LogP contribution in [0.25, 0.3) is 0 Å². The summed E-state index contributed by atoms with van der Waals surface area (Å²) in [4.78, 5) is 12.5. The summed E-state index contributed by atoms with van der Waals surface area (Å²) in [5.74, 6) is -0.169. The first kappa shape index (κ1) is 21.3. The molecule has 0 unspecified atom stereocenters. The summed E-state index contributed by atoms with van der Waals surface area (Å²) in [6, 6.07) is 3.91. The van der Waals surface area contributed by atoms with Crippen LogP contribution in [0.15, 0.2) is 24.3 Å². The van der Waals surface area contributed by atoms with E-state index in [0.717, 1.165) is 30.7 Å². The number of alkyl halides is 3. The van der Waals surface area contributed by atoms with Crippen molar-refractivity contribution in [1.29, 1.82) is 0 Å². The second-order valence-corrected chi connectivity index (χ2v) is 10.2. The smallest absolute Gasteiger partial charge is 0.387 e. The quantitative estimate of drug-likeness (QED) is 0.742. The standard InChI is InChI=1S/C19H24F3NO4S/c1-17(2)14-7-8-18(17,16(25)9-14)11-28(26,27)23-10-15(24)12-3-5-13(6-4-12)19(20,21)22/h3-6,14-15,23-24H,7-11H2,1-2H3/t14-,15+,18+/m0/s1. The Labute approximate surface area is 162 Å². The Morgan fingerprint density at radius 2 is 1.86 bits per heavy atom. The van der Waals surface area contributed by atoms with Crippen LogP contribution in [0.3, 0.4) is 0 Å². The SMILES string of the molecule is CC1(C)[C@H]2CC[C@@]1(CS(=O)(=O)NC[C@@H](O)c1ccc(C(F)(F)F)cc1)C(=O)C2. The Balaban J connectivity index is 1.66. The molecule has 0 heterocycles. The number of aliphatic hydroxyl groups is 1. The van der Waals surface area contributed by atoms with E-state index in [4.69, 9.17) is 0 Å². The highest BCUT2D eigenvalue weighted by Gasteiger charge is 2.65. The van der Waals surface area contributed by atoms with Gasteiger partial charge in [-0.15, -0.1) is 0 Å². The fourth-order valence-electron chi connectivity index (χ4n) is 4.70. The lowest BCUT2D eigenvalue weighted by molar-refractivity contribution is -0.137. The van der Waals surface area contributed by atoms with Crippen LogP contribution in [0.5, 0.6) is 0 Å². The number of halogens is 3. The summed E-state index contributed by atoms with van der Waals surface area (Å²) in [7, 11) is -3.86. The molecule has 2 aliphatic rings. The highest BCUT2D eigenvalue weighted by Crippen LogP contribution is 2.64. The molecule has 0 aliphatic heterocycles. The number of aliphatic hydroxyl groups excluding tert-OH is 1. The maximum atomic E-state index is 12.6. The number of hydrogen-bond acceptors (Lipinski definition) is 4. The topological polar surface area (TPSA) is 83.5 Å². The van der Waals surface area contributed by atoms with Crippen LogP contribution in [-0.4, -0.2) is 31.6 Å². The van der Waals surface area contributed by atoms with Gasteiger partial charge in [-0.3, -0.25) is 4.79 Å². The number of ketones is 1. The van der Waals surface area contributed by atoms with E-state index in [1.54, 1.807) is 0 Å². The van der Waals surface area contributed by atoms with Crippen LogP contribution in [0.1, 0.15) is 50.3 Å². The van der Waals surface area contributed by atoms with Gasteiger partial charge in [0, 0.05) is 18.4 Å². The average molecular weight is 419 g/mol. The van der Waals surface area contributed by atoms with Gasteiger partial charge in [-0.25, -0.2) is 13.1 Å². The fraction of sp³-hybridized carbons (Fsp3) is 0.632. The van der Waals surface area contributed by atoms with Gasteiger partial charge in [0.15, 0.2) is 0 Å². The van der Waals surface area contributed by atoms with Gasteiger partial charge in [0.1, 0.15) is 5.78 Å². The molecule has 28 heavy (non-hydrogen) atoms. The minimum absolute atomic E-state index is 0.0255. The summed E-state index contributed by atoms with van der Waals surface area (Å²) in [5.41, 5.74) is -1.99. The largest absolute Gasteiger partial charge is 0.416 e. The zero-order valence-electron chi connectivity index (χ0n) is 15.7. The number of rotatable bonds is 6. The summed E-state index contributed by atoms with van der Waals surface area (Å²) < 4.78 is 65.3. The summed E-state index contributed by atoms with van der Waals surface area (Å²) in [6.45, 7) is 3.49. The zero-order chi connectivity index (χ0) is 21.0. The predicted octanol–water partition coefficient (Wildman–Crippen LogP) is 3.05. The molecule has 1 aromatic rings. The van der Waals surface area contributed by atoms with E-state index >= 15 is 0 Å². The molecule has 0 saturated heterocycles.